The van der Waals surface area contributed by atoms with E-state index in [1.165, 1.54) is 0 Å². The van der Waals surface area contributed by atoms with Gasteiger partial charge in [-0.25, -0.2) is 0 Å². The van der Waals surface area contributed by atoms with Gasteiger partial charge in [0.1, 0.15) is 11.4 Å². The first-order valence-electron chi connectivity index (χ1n) is 3.72. The van der Waals surface area contributed by atoms with Crippen LogP contribution < -0.4 is 10.1 Å². The monoisotopic (exact) mass is 151 g/mol. The van der Waals surface area contributed by atoms with E-state index in [0.29, 0.717) is 6.61 Å². The van der Waals surface area contributed by atoms with Gasteiger partial charge in [-0.15, -0.1) is 7.05 Å². The molecule has 0 unspecified atom stereocenters. The first kappa shape index (κ1) is 8.08. The molecule has 0 radical (unpaired) electrons. The van der Waals surface area contributed by atoms with Crippen LogP contribution in [0.15, 0.2) is 24.3 Å². The Labute approximate surface area is 67.2 Å². The van der Waals surface area contributed by atoms with Crippen molar-refractivity contribution in [2.24, 2.45) is 0 Å². The SMILES string of the molecule is [CH2-][NH2+]c1cccc(OCC)c1. The van der Waals surface area contributed by atoms with Crippen LogP contribution in [0.3, 0.4) is 0 Å². The van der Waals surface area contributed by atoms with Crippen LogP contribution in [0.4, 0.5) is 5.69 Å². The molecule has 0 aliphatic heterocycles. The summed E-state index contributed by atoms with van der Waals surface area (Å²) in [6.07, 6.45) is 0. The molecule has 0 saturated heterocycles. The highest BCUT2D eigenvalue weighted by atomic mass is 16.5. The second-order valence-electron chi connectivity index (χ2n) is 2.21. The van der Waals surface area contributed by atoms with Gasteiger partial charge < -0.3 is 10.1 Å². The fraction of sp³-hybridized carbons (Fsp3) is 0.222. The molecule has 0 spiro atoms. The smallest absolute Gasteiger partial charge is 0.125 e. The summed E-state index contributed by atoms with van der Waals surface area (Å²) in [6.45, 7) is 2.68. The predicted octanol–water partition coefficient (Wildman–Crippen LogP) is 1.07. The average Bonchev–Trinajstić information content (AvgIpc) is 2.06. The summed E-state index contributed by atoms with van der Waals surface area (Å²) in [5.41, 5.74) is 1.09. The largest absolute Gasteiger partial charge is 0.494 e. The van der Waals surface area contributed by atoms with Crippen LogP contribution in [-0.2, 0) is 0 Å². The highest BCUT2D eigenvalue weighted by molar-refractivity contribution is 5.36. The first-order valence-corrected chi connectivity index (χ1v) is 3.72. The maximum atomic E-state index is 5.30. The molecule has 2 N–H and O–H groups in total. The van der Waals surface area contributed by atoms with E-state index in [-0.39, 0.29) is 0 Å². The molecule has 0 amide bonds. The molecule has 0 aliphatic carbocycles. The Balaban J connectivity index is 2.74. The van der Waals surface area contributed by atoms with Crippen LogP contribution >= 0.6 is 0 Å². The van der Waals surface area contributed by atoms with Crippen molar-refractivity contribution >= 4 is 5.69 Å². The summed E-state index contributed by atoms with van der Waals surface area (Å²) < 4.78 is 5.30. The van der Waals surface area contributed by atoms with E-state index >= 15 is 0 Å². The molecular formula is C9H13NO. The van der Waals surface area contributed by atoms with Crippen LogP contribution in [0.1, 0.15) is 6.92 Å². The fourth-order valence-corrected chi connectivity index (χ4v) is 0.898. The first-order chi connectivity index (χ1) is 5.36. The lowest BCUT2D eigenvalue weighted by atomic mass is 10.3. The number of hydrogen-bond acceptors (Lipinski definition) is 1. The lowest BCUT2D eigenvalue weighted by molar-refractivity contribution is -0.504. The molecule has 0 bridgehead atoms. The number of nitrogens with two attached hydrogens (primary N) is 1. The van der Waals surface area contributed by atoms with Crippen LogP contribution in [0.25, 0.3) is 0 Å². The number of ether oxygens (including phenoxy) is 1. The summed E-state index contributed by atoms with van der Waals surface area (Å²) in [6, 6.07) is 7.87. The second kappa shape index (κ2) is 3.98. The average molecular weight is 151 g/mol. The molecule has 0 atom stereocenters. The zero-order chi connectivity index (χ0) is 8.10. The molecule has 1 aromatic rings. The Kier molecular flexibility index (Phi) is 2.93. The van der Waals surface area contributed by atoms with Crippen molar-refractivity contribution in [3.8, 4) is 5.75 Å². The second-order valence-corrected chi connectivity index (χ2v) is 2.21. The van der Waals surface area contributed by atoms with E-state index in [2.05, 4.69) is 7.05 Å². The van der Waals surface area contributed by atoms with E-state index in [1.54, 1.807) is 0 Å². The third-order valence-corrected chi connectivity index (χ3v) is 1.40. The van der Waals surface area contributed by atoms with Gasteiger partial charge in [-0.05, 0) is 19.1 Å². The van der Waals surface area contributed by atoms with Gasteiger partial charge in [0.25, 0.3) is 0 Å². The van der Waals surface area contributed by atoms with E-state index in [9.17, 15) is 0 Å². The summed E-state index contributed by atoms with van der Waals surface area (Å²) in [5, 5.41) is 1.81. The maximum Gasteiger partial charge on any atom is 0.125 e. The lowest BCUT2D eigenvalue weighted by Crippen LogP contribution is -2.69. The van der Waals surface area contributed by atoms with Gasteiger partial charge in [0.15, 0.2) is 0 Å². The summed E-state index contributed by atoms with van der Waals surface area (Å²) >= 11 is 0. The number of quaternary nitrogens is 1. The molecule has 2 nitrogen and oxygen atoms in total. The minimum atomic E-state index is 0.709. The predicted molar refractivity (Wildman–Crippen MR) is 44.6 cm³/mol. The van der Waals surface area contributed by atoms with Crippen molar-refractivity contribution in [2.75, 3.05) is 6.61 Å². The van der Waals surface area contributed by atoms with Gasteiger partial charge in [0.05, 0.1) is 6.61 Å². The van der Waals surface area contributed by atoms with Gasteiger partial charge in [0, 0.05) is 6.07 Å². The highest BCUT2D eigenvalue weighted by Gasteiger charge is 1.93. The highest BCUT2D eigenvalue weighted by Crippen LogP contribution is 2.13. The van der Waals surface area contributed by atoms with Crippen molar-refractivity contribution in [3.63, 3.8) is 0 Å². The third-order valence-electron chi connectivity index (χ3n) is 1.40. The summed E-state index contributed by atoms with van der Waals surface area (Å²) in [5.74, 6) is 0.907. The van der Waals surface area contributed by atoms with E-state index in [0.717, 1.165) is 11.4 Å². The normalized spacial score (nSPS) is 9.64. The Morgan fingerprint density at radius 1 is 1.55 bits per heavy atom. The van der Waals surface area contributed by atoms with Crippen molar-refractivity contribution < 1.29 is 10.1 Å². The lowest BCUT2D eigenvalue weighted by Gasteiger charge is -2.03. The molecule has 0 heterocycles. The van der Waals surface area contributed by atoms with Gasteiger partial charge >= 0.3 is 0 Å². The molecular weight excluding hydrogens is 138 g/mol. The molecule has 0 aliphatic rings. The molecule has 0 saturated carbocycles. The van der Waals surface area contributed by atoms with E-state index in [4.69, 9.17) is 4.74 Å². The minimum absolute atomic E-state index is 0.709. The number of rotatable bonds is 3. The van der Waals surface area contributed by atoms with Crippen LogP contribution in [-0.4, -0.2) is 6.61 Å². The Hall–Kier alpha value is -1.02. The van der Waals surface area contributed by atoms with Gasteiger partial charge in [0.2, 0.25) is 0 Å². The van der Waals surface area contributed by atoms with Gasteiger partial charge in [-0.1, -0.05) is 6.07 Å². The molecule has 60 valence electrons. The Morgan fingerprint density at radius 2 is 2.36 bits per heavy atom. The topological polar surface area (TPSA) is 25.8 Å². The molecule has 1 rings (SSSR count). The quantitative estimate of drug-likeness (QED) is 0.507. The van der Waals surface area contributed by atoms with Crippen LogP contribution in [0.5, 0.6) is 5.75 Å². The standard InChI is InChI=1S/C9H13NO/c1-3-11-9-6-4-5-8(7-9)10-2/h4-7H,2-3,10H2,1H3. The van der Waals surface area contributed by atoms with Crippen LogP contribution in [0.2, 0.25) is 0 Å². The van der Waals surface area contributed by atoms with Gasteiger partial charge in [-0.2, -0.15) is 0 Å². The van der Waals surface area contributed by atoms with Crippen LogP contribution in [0, 0.1) is 7.05 Å². The van der Waals surface area contributed by atoms with Crippen molar-refractivity contribution in [3.05, 3.63) is 31.3 Å². The minimum Gasteiger partial charge on any atom is -0.494 e. The van der Waals surface area contributed by atoms with Crippen molar-refractivity contribution in [1.29, 1.82) is 0 Å². The van der Waals surface area contributed by atoms with E-state index in [1.807, 2.05) is 36.5 Å². The summed E-state index contributed by atoms with van der Waals surface area (Å²) in [4.78, 5) is 0. The summed E-state index contributed by atoms with van der Waals surface area (Å²) in [7, 11) is 3.68. The van der Waals surface area contributed by atoms with Crippen molar-refractivity contribution in [2.45, 2.75) is 6.92 Å². The molecule has 0 fully saturated rings. The van der Waals surface area contributed by atoms with E-state index < -0.39 is 0 Å². The maximum absolute atomic E-state index is 5.30. The van der Waals surface area contributed by atoms with Gasteiger partial charge in [-0.3, -0.25) is 0 Å². The molecule has 0 aromatic heterocycles. The Morgan fingerprint density at radius 3 is 3.00 bits per heavy atom. The zero-order valence-electron chi connectivity index (χ0n) is 6.71. The zero-order valence-corrected chi connectivity index (χ0v) is 6.71. The Bertz CT molecular complexity index is 223. The third kappa shape index (κ3) is 2.24. The number of benzene rings is 1. The fourth-order valence-electron chi connectivity index (χ4n) is 0.898. The number of hydrogen-bond donors (Lipinski definition) is 1. The molecule has 11 heavy (non-hydrogen) atoms. The molecule has 2 heteroatoms. The molecule has 1 aromatic carbocycles. The van der Waals surface area contributed by atoms with Crippen molar-refractivity contribution in [1.82, 2.24) is 0 Å².